The predicted octanol–water partition coefficient (Wildman–Crippen LogP) is 2.29. The van der Waals surface area contributed by atoms with E-state index in [4.69, 9.17) is 9.47 Å². The number of amides is 2. The zero-order chi connectivity index (χ0) is 17.5. The van der Waals surface area contributed by atoms with E-state index >= 15 is 0 Å². The highest BCUT2D eigenvalue weighted by molar-refractivity contribution is 6.04. The standard InChI is InChI=1S/C18H24N2O4/c1-20(2)16(22)18(9-10-18)17(7-8-17)15(21)19-13-6-5-12(23-3)11-14(13)24-4/h5-6,11H,7-10H2,1-4H3,(H,19,21). The van der Waals surface area contributed by atoms with Gasteiger partial charge in [-0.05, 0) is 37.8 Å². The van der Waals surface area contributed by atoms with Crippen LogP contribution in [0.3, 0.4) is 0 Å². The third kappa shape index (κ3) is 2.41. The summed E-state index contributed by atoms with van der Waals surface area (Å²) in [4.78, 5) is 27.2. The van der Waals surface area contributed by atoms with Gasteiger partial charge < -0.3 is 19.7 Å². The second-order valence-electron chi connectivity index (χ2n) is 6.88. The molecular weight excluding hydrogens is 308 g/mol. The van der Waals surface area contributed by atoms with Gasteiger partial charge in [-0.25, -0.2) is 0 Å². The molecule has 0 atom stereocenters. The fourth-order valence-corrected chi connectivity index (χ4v) is 3.64. The number of carbonyl (C=O) groups excluding carboxylic acids is 2. The van der Waals surface area contributed by atoms with Crippen LogP contribution in [0.15, 0.2) is 18.2 Å². The number of methoxy groups -OCH3 is 2. The van der Waals surface area contributed by atoms with Crippen molar-refractivity contribution < 1.29 is 19.1 Å². The van der Waals surface area contributed by atoms with E-state index in [1.807, 2.05) is 0 Å². The third-order valence-electron chi connectivity index (χ3n) is 5.32. The van der Waals surface area contributed by atoms with Crippen molar-refractivity contribution in [3.63, 3.8) is 0 Å². The fourth-order valence-electron chi connectivity index (χ4n) is 3.64. The van der Waals surface area contributed by atoms with Crippen molar-refractivity contribution in [2.24, 2.45) is 10.8 Å². The minimum Gasteiger partial charge on any atom is -0.497 e. The van der Waals surface area contributed by atoms with E-state index in [0.29, 0.717) is 17.2 Å². The van der Waals surface area contributed by atoms with Crippen molar-refractivity contribution in [2.75, 3.05) is 33.6 Å². The maximum absolute atomic E-state index is 13.0. The Kier molecular flexibility index (Phi) is 3.94. The number of anilines is 1. The summed E-state index contributed by atoms with van der Waals surface area (Å²) in [5.74, 6) is 1.19. The zero-order valence-corrected chi connectivity index (χ0v) is 14.6. The van der Waals surface area contributed by atoms with Gasteiger partial charge in [0.05, 0.1) is 30.7 Å². The number of carbonyl (C=O) groups is 2. The molecule has 2 amide bonds. The van der Waals surface area contributed by atoms with Crippen molar-refractivity contribution in [1.29, 1.82) is 0 Å². The van der Waals surface area contributed by atoms with E-state index in [9.17, 15) is 9.59 Å². The molecule has 1 aromatic rings. The Morgan fingerprint density at radius 3 is 2.12 bits per heavy atom. The molecule has 0 saturated heterocycles. The summed E-state index contributed by atoms with van der Waals surface area (Å²) in [5.41, 5.74) is -0.484. The van der Waals surface area contributed by atoms with Gasteiger partial charge >= 0.3 is 0 Å². The summed E-state index contributed by atoms with van der Waals surface area (Å²) in [6.07, 6.45) is 3.10. The van der Waals surface area contributed by atoms with Crippen LogP contribution in [0.1, 0.15) is 25.7 Å². The van der Waals surface area contributed by atoms with Gasteiger partial charge in [0.1, 0.15) is 11.5 Å². The fraction of sp³-hybridized carbons (Fsp3) is 0.556. The minimum atomic E-state index is -0.570. The Hall–Kier alpha value is -2.24. The Bertz CT molecular complexity index is 676. The molecule has 6 nitrogen and oxygen atoms in total. The monoisotopic (exact) mass is 332 g/mol. The van der Waals surface area contributed by atoms with E-state index in [0.717, 1.165) is 25.7 Å². The summed E-state index contributed by atoms with van der Waals surface area (Å²) < 4.78 is 10.5. The highest BCUT2D eigenvalue weighted by Crippen LogP contribution is 2.71. The van der Waals surface area contributed by atoms with Crippen molar-refractivity contribution in [2.45, 2.75) is 25.7 Å². The first-order valence-corrected chi connectivity index (χ1v) is 8.15. The van der Waals surface area contributed by atoms with Gasteiger partial charge in [0.25, 0.3) is 0 Å². The van der Waals surface area contributed by atoms with E-state index in [2.05, 4.69) is 5.32 Å². The lowest BCUT2D eigenvalue weighted by Crippen LogP contribution is -2.42. The van der Waals surface area contributed by atoms with E-state index < -0.39 is 10.8 Å². The number of benzene rings is 1. The molecule has 6 heteroatoms. The van der Waals surface area contributed by atoms with Gasteiger partial charge in [-0.3, -0.25) is 9.59 Å². The van der Waals surface area contributed by atoms with Gasteiger partial charge in [-0.15, -0.1) is 0 Å². The van der Waals surface area contributed by atoms with Crippen molar-refractivity contribution in [1.82, 2.24) is 4.90 Å². The van der Waals surface area contributed by atoms with Crippen LogP contribution in [0.4, 0.5) is 5.69 Å². The van der Waals surface area contributed by atoms with E-state index in [-0.39, 0.29) is 11.8 Å². The first kappa shape index (κ1) is 16.6. The second kappa shape index (κ2) is 5.69. The molecule has 0 bridgehead atoms. The van der Waals surface area contributed by atoms with E-state index in [1.165, 1.54) is 0 Å². The third-order valence-corrected chi connectivity index (χ3v) is 5.32. The Balaban J connectivity index is 1.82. The molecule has 2 fully saturated rings. The topological polar surface area (TPSA) is 67.9 Å². The quantitative estimate of drug-likeness (QED) is 0.868. The molecule has 1 aromatic carbocycles. The molecule has 130 valence electrons. The highest BCUT2D eigenvalue weighted by atomic mass is 16.5. The van der Waals surface area contributed by atoms with Crippen LogP contribution in [-0.4, -0.2) is 45.0 Å². The zero-order valence-electron chi connectivity index (χ0n) is 14.6. The molecular formula is C18H24N2O4. The summed E-state index contributed by atoms with van der Waals surface area (Å²) in [6.45, 7) is 0. The maximum Gasteiger partial charge on any atom is 0.231 e. The van der Waals surface area contributed by atoms with Crippen LogP contribution in [0, 0.1) is 10.8 Å². The Labute approximate surface area is 142 Å². The molecule has 1 N–H and O–H groups in total. The number of rotatable bonds is 6. The van der Waals surface area contributed by atoms with Gasteiger partial charge in [-0.1, -0.05) is 0 Å². The van der Waals surface area contributed by atoms with Gasteiger partial charge in [0.2, 0.25) is 11.8 Å². The van der Waals surface area contributed by atoms with Crippen molar-refractivity contribution in [3.05, 3.63) is 18.2 Å². The average Bonchev–Trinajstić information content (AvgIpc) is 3.47. The molecule has 3 rings (SSSR count). The first-order valence-electron chi connectivity index (χ1n) is 8.15. The van der Waals surface area contributed by atoms with Crippen LogP contribution in [-0.2, 0) is 9.59 Å². The normalized spacial score (nSPS) is 19.2. The number of nitrogens with one attached hydrogen (secondary N) is 1. The molecule has 2 aliphatic rings. The Morgan fingerprint density at radius 1 is 1.04 bits per heavy atom. The molecule has 2 aliphatic carbocycles. The first-order chi connectivity index (χ1) is 11.4. The van der Waals surface area contributed by atoms with Gasteiger partial charge in [0, 0.05) is 20.2 Å². The van der Waals surface area contributed by atoms with Crippen LogP contribution in [0.25, 0.3) is 0 Å². The van der Waals surface area contributed by atoms with Crippen LogP contribution in [0.5, 0.6) is 11.5 Å². The van der Waals surface area contributed by atoms with E-state index in [1.54, 1.807) is 51.4 Å². The Morgan fingerprint density at radius 2 is 1.67 bits per heavy atom. The predicted molar refractivity (Wildman–Crippen MR) is 90.2 cm³/mol. The summed E-state index contributed by atoms with van der Waals surface area (Å²) >= 11 is 0. The molecule has 0 aromatic heterocycles. The molecule has 24 heavy (non-hydrogen) atoms. The van der Waals surface area contributed by atoms with Gasteiger partial charge in [-0.2, -0.15) is 0 Å². The number of ether oxygens (including phenoxy) is 2. The summed E-state index contributed by atoms with van der Waals surface area (Å²) in [5, 5.41) is 2.97. The molecule has 0 heterocycles. The lowest BCUT2D eigenvalue weighted by molar-refractivity contribution is -0.141. The number of nitrogens with zero attached hydrogens (tertiary/aromatic N) is 1. The van der Waals surface area contributed by atoms with Crippen LogP contribution in [0.2, 0.25) is 0 Å². The molecule has 0 aliphatic heterocycles. The highest BCUT2D eigenvalue weighted by Gasteiger charge is 2.73. The molecule has 2 saturated carbocycles. The van der Waals surface area contributed by atoms with Crippen molar-refractivity contribution >= 4 is 17.5 Å². The number of hydrogen-bond acceptors (Lipinski definition) is 4. The maximum atomic E-state index is 13.0. The minimum absolute atomic E-state index is 0.0665. The van der Waals surface area contributed by atoms with Crippen molar-refractivity contribution in [3.8, 4) is 11.5 Å². The van der Waals surface area contributed by atoms with Crippen LogP contribution < -0.4 is 14.8 Å². The molecule has 0 unspecified atom stereocenters. The average molecular weight is 332 g/mol. The van der Waals surface area contributed by atoms with Crippen LogP contribution >= 0.6 is 0 Å². The molecule has 0 radical (unpaired) electrons. The van der Waals surface area contributed by atoms with Gasteiger partial charge in [0.15, 0.2) is 0 Å². The summed E-state index contributed by atoms with van der Waals surface area (Å²) in [6, 6.07) is 5.27. The number of hydrogen-bond donors (Lipinski definition) is 1. The smallest absolute Gasteiger partial charge is 0.231 e. The second-order valence-corrected chi connectivity index (χ2v) is 6.88. The lowest BCUT2D eigenvalue weighted by Gasteiger charge is -2.28. The SMILES string of the molecule is COc1ccc(NC(=O)C2(C3(C(=O)N(C)C)CC3)CC2)c(OC)c1. The largest absolute Gasteiger partial charge is 0.497 e. The molecule has 0 spiro atoms. The lowest BCUT2D eigenvalue weighted by atomic mass is 9.83. The summed E-state index contributed by atoms with van der Waals surface area (Å²) in [7, 11) is 6.64.